The van der Waals surface area contributed by atoms with Crippen LogP contribution in [0.2, 0.25) is 0 Å². The Kier molecular flexibility index (Phi) is 7.67. The highest BCUT2D eigenvalue weighted by atomic mass is 16.1. The lowest BCUT2D eigenvalue weighted by Crippen LogP contribution is -2.55. The molecule has 1 rings (SSSR count). The molecule has 21 heavy (non-hydrogen) atoms. The van der Waals surface area contributed by atoms with Crippen LogP contribution >= 0.6 is 0 Å². The molecule has 1 heterocycles. The number of likely N-dealkylation sites (tertiary alicyclic amines) is 1. The Hall–Kier alpha value is -0.610. The van der Waals surface area contributed by atoms with Crippen LogP contribution in [0, 0.1) is 5.92 Å². The van der Waals surface area contributed by atoms with E-state index in [-0.39, 0.29) is 11.9 Å². The van der Waals surface area contributed by atoms with Gasteiger partial charge in [-0.05, 0) is 72.0 Å². The Morgan fingerprint density at radius 1 is 1.38 bits per heavy atom. The van der Waals surface area contributed by atoms with Gasteiger partial charge in [-0.25, -0.2) is 0 Å². The minimum Gasteiger partial charge on any atom is -0.368 e. The third kappa shape index (κ3) is 6.35. The van der Waals surface area contributed by atoms with Gasteiger partial charge in [0.05, 0.1) is 5.54 Å². The number of rotatable bonds is 9. The van der Waals surface area contributed by atoms with E-state index in [2.05, 4.69) is 31.0 Å². The summed E-state index contributed by atoms with van der Waals surface area (Å²) in [6, 6.07) is 0.271. The summed E-state index contributed by atoms with van der Waals surface area (Å²) in [4.78, 5) is 14.2. The fourth-order valence-corrected chi connectivity index (χ4v) is 3.47. The zero-order chi connectivity index (χ0) is 15.9. The van der Waals surface area contributed by atoms with E-state index in [9.17, 15) is 4.79 Å². The highest BCUT2D eigenvalue weighted by Gasteiger charge is 2.31. The van der Waals surface area contributed by atoms with Gasteiger partial charge in [-0.2, -0.15) is 0 Å². The van der Waals surface area contributed by atoms with Gasteiger partial charge in [-0.1, -0.05) is 19.8 Å². The predicted molar refractivity (Wildman–Crippen MR) is 89.2 cm³/mol. The zero-order valence-corrected chi connectivity index (χ0v) is 14.5. The molecule has 1 unspecified atom stereocenters. The third-order valence-corrected chi connectivity index (χ3v) is 4.71. The van der Waals surface area contributed by atoms with Crippen LogP contribution in [0.1, 0.15) is 66.2 Å². The molecule has 1 atom stereocenters. The number of carbonyl (C=O) groups excluding carboxylic acids is 1. The molecule has 4 nitrogen and oxygen atoms in total. The SMILES string of the molecule is CCCC1CCN(CCCC(C)(NC(C)C)C(N)=O)CC1. The Morgan fingerprint density at radius 2 is 2.00 bits per heavy atom. The van der Waals surface area contributed by atoms with Gasteiger partial charge in [0.15, 0.2) is 0 Å². The molecule has 124 valence electrons. The number of amides is 1. The van der Waals surface area contributed by atoms with Crippen molar-refractivity contribution in [1.82, 2.24) is 10.2 Å². The van der Waals surface area contributed by atoms with E-state index in [1.54, 1.807) is 0 Å². The number of carbonyl (C=O) groups is 1. The molecule has 0 radical (unpaired) electrons. The molecule has 1 saturated heterocycles. The third-order valence-electron chi connectivity index (χ3n) is 4.71. The van der Waals surface area contributed by atoms with Crippen LogP contribution in [0.15, 0.2) is 0 Å². The largest absolute Gasteiger partial charge is 0.368 e. The lowest BCUT2D eigenvalue weighted by molar-refractivity contribution is -0.124. The van der Waals surface area contributed by atoms with E-state index in [4.69, 9.17) is 5.73 Å². The number of hydrogen-bond acceptors (Lipinski definition) is 3. The minimum absolute atomic E-state index is 0.238. The molecule has 0 aliphatic carbocycles. The van der Waals surface area contributed by atoms with Crippen LogP contribution in [0.3, 0.4) is 0 Å². The van der Waals surface area contributed by atoms with Gasteiger partial charge < -0.3 is 16.0 Å². The van der Waals surface area contributed by atoms with E-state index >= 15 is 0 Å². The number of nitrogens with zero attached hydrogens (tertiary/aromatic N) is 1. The molecule has 0 aromatic rings. The normalized spacial score (nSPS) is 20.6. The van der Waals surface area contributed by atoms with Gasteiger partial charge in [0.2, 0.25) is 5.91 Å². The van der Waals surface area contributed by atoms with Gasteiger partial charge in [0.1, 0.15) is 0 Å². The number of nitrogens with one attached hydrogen (secondary N) is 1. The first-order valence-electron chi connectivity index (χ1n) is 8.67. The number of primary amides is 1. The highest BCUT2D eigenvalue weighted by Crippen LogP contribution is 2.22. The first-order valence-corrected chi connectivity index (χ1v) is 8.67. The summed E-state index contributed by atoms with van der Waals surface area (Å²) in [5.41, 5.74) is 5.00. The molecule has 0 aromatic heterocycles. The van der Waals surface area contributed by atoms with Crippen molar-refractivity contribution >= 4 is 5.91 Å². The van der Waals surface area contributed by atoms with E-state index < -0.39 is 5.54 Å². The molecule has 1 aliphatic rings. The van der Waals surface area contributed by atoms with Crippen molar-refractivity contribution in [2.24, 2.45) is 11.7 Å². The van der Waals surface area contributed by atoms with Gasteiger partial charge in [0.25, 0.3) is 0 Å². The second-order valence-electron chi connectivity index (χ2n) is 7.17. The van der Waals surface area contributed by atoms with Crippen molar-refractivity contribution in [2.75, 3.05) is 19.6 Å². The second kappa shape index (κ2) is 8.74. The van der Waals surface area contributed by atoms with Crippen LogP contribution in [-0.2, 0) is 4.79 Å². The summed E-state index contributed by atoms with van der Waals surface area (Å²) < 4.78 is 0. The monoisotopic (exact) mass is 297 g/mol. The van der Waals surface area contributed by atoms with Gasteiger partial charge in [0, 0.05) is 6.04 Å². The lowest BCUT2D eigenvalue weighted by Gasteiger charge is -2.34. The average Bonchev–Trinajstić information content (AvgIpc) is 2.40. The minimum atomic E-state index is -0.575. The molecule has 1 fully saturated rings. The molecule has 0 saturated carbocycles. The number of piperidine rings is 1. The Labute approximate surface area is 130 Å². The predicted octanol–water partition coefficient (Wildman–Crippen LogP) is 2.52. The van der Waals surface area contributed by atoms with E-state index in [1.807, 2.05) is 6.92 Å². The highest BCUT2D eigenvalue weighted by molar-refractivity contribution is 5.84. The van der Waals surface area contributed by atoms with E-state index in [1.165, 1.54) is 38.8 Å². The maximum absolute atomic E-state index is 11.7. The number of nitrogens with two attached hydrogens (primary N) is 1. The van der Waals surface area contributed by atoms with Crippen LogP contribution in [0.25, 0.3) is 0 Å². The molecule has 1 amide bonds. The molecule has 0 bridgehead atoms. The smallest absolute Gasteiger partial charge is 0.237 e. The Bertz CT molecular complexity index is 311. The first-order chi connectivity index (χ1) is 9.87. The maximum Gasteiger partial charge on any atom is 0.237 e. The molecular formula is C17H35N3O. The molecule has 3 N–H and O–H groups in total. The van der Waals surface area contributed by atoms with Crippen molar-refractivity contribution in [1.29, 1.82) is 0 Å². The molecular weight excluding hydrogens is 262 g/mol. The van der Waals surface area contributed by atoms with Crippen LogP contribution in [-0.4, -0.2) is 42.0 Å². The van der Waals surface area contributed by atoms with Crippen molar-refractivity contribution in [3.8, 4) is 0 Å². The topological polar surface area (TPSA) is 58.4 Å². The summed E-state index contributed by atoms with van der Waals surface area (Å²) in [6.07, 6.45) is 7.21. The van der Waals surface area contributed by atoms with Crippen molar-refractivity contribution in [3.63, 3.8) is 0 Å². The van der Waals surface area contributed by atoms with Crippen LogP contribution < -0.4 is 11.1 Å². The lowest BCUT2D eigenvalue weighted by atomic mass is 9.91. The van der Waals surface area contributed by atoms with Crippen molar-refractivity contribution < 1.29 is 4.79 Å². The van der Waals surface area contributed by atoms with Crippen LogP contribution in [0.4, 0.5) is 0 Å². The van der Waals surface area contributed by atoms with Gasteiger partial charge in [-0.3, -0.25) is 4.79 Å². The van der Waals surface area contributed by atoms with Crippen LogP contribution in [0.5, 0.6) is 0 Å². The second-order valence-corrected chi connectivity index (χ2v) is 7.17. The average molecular weight is 297 g/mol. The molecule has 1 aliphatic heterocycles. The summed E-state index contributed by atoms with van der Waals surface area (Å²) in [5.74, 6) is 0.697. The Morgan fingerprint density at radius 3 is 2.48 bits per heavy atom. The fraction of sp³-hybridized carbons (Fsp3) is 0.941. The van der Waals surface area contributed by atoms with Gasteiger partial charge >= 0.3 is 0 Å². The van der Waals surface area contributed by atoms with Gasteiger partial charge in [-0.15, -0.1) is 0 Å². The molecule has 0 spiro atoms. The van der Waals surface area contributed by atoms with E-state index in [0.717, 1.165) is 25.3 Å². The molecule has 0 aromatic carbocycles. The summed E-state index contributed by atoms with van der Waals surface area (Å²) in [5, 5.41) is 3.32. The number of hydrogen-bond donors (Lipinski definition) is 2. The van der Waals surface area contributed by atoms with Crippen molar-refractivity contribution in [3.05, 3.63) is 0 Å². The fourth-order valence-electron chi connectivity index (χ4n) is 3.47. The summed E-state index contributed by atoms with van der Waals surface area (Å²) in [7, 11) is 0. The summed E-state index contributed by atoms with van der Waals surface area (Å²) >= 11 is 0. The zero-order valence-electron chi connectivity index (χ0n) is 14.5. The Balaban J connectivity index is 2.30. The first kappa shape index (κ1) is 18.4. The van der Waals surface area contributed by atoms with E-state index in [0.29, 0.717) is 0 Å². The summed E-state index contributed by atoms with van der Waals surface area (Å²) in [6.45, 7) is 11.8. The standard InChI is InChI=1S/C17H35N3O/c1-5-7-15-8-12-20(13-9-15)11-6-10-17(4,16(18)21)19-14(2)3/h14-15,19H,5-13H2,1-4H3,(H2,18,21). The molecule has 4 heteroatoms. The van der Waals surface area contributed by atoms with Crippen molar-refractivity contribution in [2.45, 2.75) is 77.8 Å². The quantitative estimate of drug-likeness (QED) is 0.687. The maximum atomic E-state index is 11.7.